The van der Waals surface area contributed by atoms with Crippen molar-refractivity contribution in [2.45, 2.75) is 31.8 Å². The molecule has 1 aliphatic heterocycles. The Morgan fingerprint density at radius 1 is 1.19 bits per heavy atom. The summed E-state index contributed by atoms with van der Waals surface area (Å²) in [7, 11) is 0. The van der Waals surface area contributed by atoms with Crippen molar-refractivity contribution in [2.75, 3.05) is 13.1 Å². The Morgan fingerprint density at radius 2 is 1.96 bits per heavy atom. The molecule has 1 aromatic heterocycles. The molecule has 1 saturated heterocycles. The van der Waals surface area contributed by atoms with Crippen LogP contribution in [0.25, 0.3) is 0 Å². The maximum atomic E-state index is 12.6. The van der Waals surface area contributed by atoms with E-state index in [1.165, 1.54) is 4.90 Å². The number of piperidine rings is 1. The van der Waals surface area contributed by atoms with Gasteiger partial charge in [-0.2, -0.15) is 0 Å². The van der Waals surface area contributed by atoms with Crippen LogP contribution in [-0.4, -0.2) is 51.2 Å². The van der Waals surface area contributed by atoms with E-state index >= 15 is 0 Å². The second-order valence-electron chi connectivity index (χ2n) is 6.92. The number of carboxylic acids is 1. The second kappa shape index (κ2) is 7.74. The third-order valence-electron chi connectivity index (χ3n) is 5.26. The summed E-state index contributed by atoms with van der Waals surface area (Å²) in [4.78, 5) is 29.1. The average Bonchev–Trinajstić information content (AvgIpc) is 3.18. The van der Waals surface area contributed by atoms with Gasteiger partial charge in [-0.1, -0.05) is 30.3 Å². The molecule has 3 N–H and O–H groups in total. The lowest BCUT2D eigenvalue weighted by Crippen LogP contribution is -2.57. The minimum atomic E-state index is -1.32. The minimum absolute atomic E-state index is 0.0240. The van der Waals surface area contributed by atoms with Crippen molar-refractivity contribution in [3.05, 3.63) is 59.9 Å². The number of aliphatic hydroxyl groups excluding tert-OH is 1. The molecular weight excluding hydrogens is 332 g/mol. The van der Waals surface area contributed by atoms with Gasteiger partial charge in [0.2, 0.25) is 0 Å². The first-order valence-electron chi connectivity index (χ1n) is 8.91. The fourth-order valence-electron chi connectivity index (χ4n) is 3.70. The zero-order valence-corrected chi connectivity index (χ0v) is 14.6. The number of likely N-dealkylation sites (tertiary alicyclic amines) is 1. The molecule has 0 spiro atoms. The molecule has 26 heavy (non-hydrogen) atoms. The Morgan fingerprint density at radius 3 is 2.62 bits per heavy atom. The van der Waals surface area contributed by atoms with E-state index in [0.29, 0.717) is 25.1 Å². The van der Waals surface area contributed by atoms with Crippen LogP contribution < -0.4 is 0 Å². The van der Waals surface area contributed by atoms with Gasteiger partial charge in [-0.15, -0.1) is 0 Å². The summed E-state index contributed by atoms with van der Waals surface area (Å²) >= 11 is 0. The largest absolute Gasteiger partial charge is 0.481 e. The fraction of sp³-hybridized carbons (Fsp3) is 0.400. The number of aliphatic hydroxyl groups is 1. The number of hydrogen-bond donors (Lipinski definition) is 3. The van der Waals surface area contributed by atoms with Gasteiger partial charge in [0.05, 0.1) is 6.10 Å². The van der Waals surface area contributed by atoms with Gasteiger partial charge in [-0.3, -0.25) is 9.59 Å². The number of carbonyl (C=O) groups excluding carboxylic acids is 1. The van der Waals surface area contributed by atoms with E-state index < -0.39 is 17.5 Å². The Balaban J connectivity index is 1.72. The molecule has 3 rings (SSSR count). The van der Waals surface area contributed by atoms with Crippen LogP contribution in [0.5, 0.6) is 0 Å². The number of aryl methyl sites for hydroxylation is 1. The van der Waals surface area contributed by atoms with Crippen molar-refractivity contribution in [3.63, 3.8) is 0 Å². The van der Waals surface area contributed by atoms with Crippen LogP contribution in [0.2, 0.25) is 0 Å². The monoisotopic (exact) mass is 356 g/mol. The summed E-state index contributed by atoms with van der Waals surface area (Å²) in [6.45, 7) is 0.378. The number of benzene rings is 1. The van der Waals surface area contributed by atoms with Gasteiger partial charge in [0.1, 0.15) is 11.1 Å². The highest BCUT2D eigenvalue weighted by molar-refractivity contribution is 5.93. The summed E-state index contributed by atoms with van der Waals surface area (Å²) in [5.74, 6) is -1.27. The Bertz CT molecular complexity index is 744. The van der Waals surface area contributed by atoms with Crippen LogP contribution in [0.15, 0.2) is 48.7 Å². The smallest absolute Gasteiger partial charge is 0.314 e. The molecule has 0 bridgehead atoms. The van der Waals surface area contributed by atoms with E-state index in [1.54, 1.807) is 18.3 Å². The number of amides is 1. The lowest BCUT2D eigenvalue weighted by atomic mass is 9.73. The molecule has 6 nitrogen and oxygen atoms in total. The van der Waals surface area contributed by atoms with Gasteiger partial charge >= 0.3 is 5.97 Å². The number of aromatic nitrogens is 1. The molecule has 6 heteroatoms. The number of carboxylic acid groups (broad SMARTS) is 1. The standard InChI is InChI=1S/C20H24N2O4/c23-17-10-13-22(18(24)16-9-5-12-21-16)14-20(17,19(25)26)11-4-8-15-6-2-1-3-7-15/h1-3,5-7,9,12,17,21,23H,4,8,10-11,13-14H2,(H,25,26)/t17-,20+/m0/s1. The fourth-order valence-corrected chi connectivity index (χ4v) is 3.70. The minimum Gasteiger partial charge on any atom is -0.481 e. The topological polar surface area (TPSA) is 93.6 Å². The predicted octanol–water partition coefficient (Wildman–Crippen LogP) is 2.32. The molecular formula is C20H24N2O4. The van der Waals surface area contributed by atoms with Gasteiger partial charge in [0.15, 0.2) is 0 Å². The molecule has 2 heterocycles. The van der Waals surface area contributed by atoms with Gasteiger partial charge < -0.3 is 20.1 Å². The summed E-state index contributed by atoms with van der Waals surface area (Å²) in [5.41, 5.74) is 0.248. The zero-order valence-electron chi connectivity index (χ0n) is 14.6. The first-order chi connectivity index (χ1) is 12.5. The van der Waals surface area contributed by atoms with Crippen LogP contribution >= 0.6 is 0 Å². The van der Waals surface area contributed by atoms with Gasteiger partial charge in [-0.25, -0.2) is 0 Å². The predicted molar refractivity (Wildman–Crippen MR) is 96.8 cm³/mol. The summed E-state index contributed by atoms with van der Waals surface area (Å²) in [6.07, 6.45) is 2.68. The first kappa shape index (κ1) is 18.2. The highest BCUT2D eigenvalue weighted by Gasteiger charge is 2.49. The zero-order chi connectivity index (χ0) is 18.6. The first-order valence-corrected chi connectivity index (χ1v) is 8.91. The summed E-state index contributed by atoms with van der Waals surface area (Å²) in [6, 6.07) is 13.3. The maximum Gasteiger partial charge on any atom is 0.314 e. The normalized spacial score (nSPS) is 23.0. The molecule has 138 valence electrons. The molecule has 0 unspecified atom stereocenters. The number of H-pyrrole nitrogens is 1. The van der Waals surface area contributed by atoms with Gasteiger partial charge in [-0.05, 0) is 43.4 Å². The molecule has 1 fully saturated rings. The molecule has 2 aromatic rings. The number of nitrogens with zero attached hydrogens (tertiary/aromatic N) is 1. The molecule has 0 radical (unpaired) electrons. The van der Waals surface area contributed by atoms with Crippen molar-refractivity contribution in [3.8, 4) is 0 Å². The van der Waals surface area contributed by atoms with Crippen LogP contribution in [-0.2, 0) is 11.2 Å². The average molecular weight is 356 g/mol. The number of hydrogen-bond acceptors (Lipinski definition) is 3. The van der Waals surface area contributed by atoms with Crippen molar-refractivity contribution in [2.24, 2.45) is 5.41 Å². The lowest BCUT2D eigenvalue weighted by Gasteiger charge is -2.43. The van der Waals surface area contributed by atoms with E-state index in [9.17, 15) is 19.8 Å². The van der Waals surface area contributed by atoms with E-state index in [1.807, 2.05) is 30.3 Å². The van der Waals surface area contributed by atoms with Gasteiger partial charge in [0, 0.05) is 19.3 Å². The number of aliphatic carboxylic acids is 1. The lowest BCUT2D eigenvalue weighted by molar-refractivity contribution is -0.162. The third kappa shape index (κ3) is 3.65. The SMILES string of the molecule is O=C(c1ccc[nH]1)N1CC[C@H](O)[C@](CCCc2ccccc2)(C(=O)O)C1. The Labute approximate surface area is 152 Å². The molecule has 1 aromatic carbocycles. The number of nitrogens with one attached hydrogen (secondary N) is 1. The summed E-state index contributed by atoms with van der Waals surface area (Å²) in [5, 5.41) is 20.4. The van der Waals surface area contributed by atoms with Crippen LogP contribution in [0.1, 0.15) is 35.3 Å². The van der Waals surface area contributed by atoms with Crippen LogP contribution in [0.3, 0.4) is 0 Å². The van der Waals surface area contributed by atoms with Crippen molar-refractivity contribution in [1.82, 2.24) is 9.88 Å². The van der Waals surface area contributed by atoms with Crippen molar-refractivity contribution >= 4 is 11.9 Å². The summed E-state index contributed by atoms with van der Waals surface area (Å²) < 4.78 is 0. The quantitative estimate of drug-likeness (QED) is 0.740. The van der Waals surface area contributed by atoms with E-state index in [4.69, 9.17) is 0 Å². The Hall–Kier alpha value is -2.60. The highest BCUT2D eigenvalue weighted by atomic mass is 16.4. The third-order valence-corrected chi connectivity index (χ3v) is 5.26. The van der Waals surface area contributed by atoms with Crippen molar-refractivity contribution in [1.29, 1.82) is 0 Å². The van der Waals surface area contributed by atoms with E-state index in [2.05, 4.69) is 4.98 Å². The highest BCUT2D eigenvalue weighted by Crippen LogP contribution is 2.36. The Kier molecular flexibility index (Phi) is 5.42. The van der Waals surface area contributed by atoms with Crippen molar-refractivity contribution < 1.29 is 19.8 Å². The molecule has 0 saturated carbocycles. The number of carbonyl (C=O) groups is 2. The maximum absolute atomic E-state index is 12.6. The molecule has 2 atom stereocenters. The second-order valence-corrected chi connectivity index (χ2v) is 6.92. The number of aromatic amines is 1. The van der Waals surface area contributed by atoms with Gasteiger partial charge in [0.25, 0.3) is 5.91 Å². The number of rotatable bonds is 6. The molecule has 0 aliphatic carbocycles. The van der Waals surface area contributed by atoms with Crippen LogP contribution in [0.4, 0.5) is 0 Å². The molecule has 1 amide bonds. The molecule has 1 aliphatic rings. The van der Waals surface area contributed by atoms with E-state index in [0.717, 1.165) is 12.0 Å². The van der Waals surface area contributed by atoms with Crippen LogP contribution in [0, 0.1) is 5.41 Å². The van der Waals surface area contributed by atoms with E-state index in [-0.39, 0.29) is 18.9 Å².